The number of halogens is 3. The zero-order chi connectivity index (χ0) is 15.6. The largest absolute Gasteiger partial charge is 0.417 e. The van der Waals surface area contributed by atoms with Crippen LogP contribution in [-0.4, -0.2) is 17.8 Å². The SMILES string of the molecule is CC(C)(C)[C@H](O)CNc1ccc(C#N)c(C(F)(F)F)c1. The second kappa shape index (κ2) is 5.71. The third kappa shape index (κ3) is 4.14. The molecule has 0 aliphatic rings. The molecule has 0 saturated heterocycles. The molecule has 0 aliphatic heterocycles. The molecule has 0 fully saturated rings. The van der Waals surface area contributed by atoms with Gasteiger partial charge in [0.25, 0.3) is 0 Å². The summed E-state index contributed by atoms with van der Waals surface area (Å²) in [6.07, 6.45) is -5.28. The van der Waals surface area contributed by atoms with Crippen molar-refractivity contribution in [1.82, 2.24) is 0 Å². The van der Waals surface area contributed by atoms with Gasteiger partial charge >= 0.3 is 6.18 Å². The Hall–Kier alpha value is -1.74. The zero-order valence-corrected chi connectivity index (χ0v) is 11.5. The van der Waals surface area contributed by atoms with Crippen molar-refractivity contribution in [2.24, 2.45) is 5.41 Å². The Morgan fingerprint density at radius 3 is 2.35 bits per heavy atom. The number of aliphatic hydroxyl groups is 1. The third-order valence-electron chi connectivity index (χ3n) is 2.94. The lowest BCUT2D eigenvalue weighted by atomic mass is 9.89. The molecule has 0 spiro atoms. The molecular formula is C14H17F3N2O. The van der Waals surface area contributed by atoms with Crippen LogP contribution in [0.5, 0.6) is 0 Å². The van der Waals surface area contributed by atoms with Gasteiger partial charge in [-0.05, 0) is 23.6 Å². The summed E-state index contributed by atoms with van der Waals surface area (Å²) in [4.78, 5) is 0. The molecule has 0 aromatic heterocycles. The van der Waals surface area contributed by atoms with Gasteiger partial charge in [0.2, 0.25) is 0 Å². The minimum atomic E-state index is -4.58. The molecule has 110 valence electrons. The fourth-order valence-corrected chi connectivity index (χ4v) is 1.51. The van der Waals surface area contributed by atoms with Crippen molar-refractivity contribution in [3.63, 3.8) is 0 Å². The molecule has 2 N–H and O–H groups in total. The van der Waals surface area contributed by atoms with Gasteiger partial charge in [-0.3, -0.25) is 0 Å². The number of nitrogens with one attached hydrogen (secondary N) is 1. The van der Waals surface area contributed by atoms with Crippen molar-refractivity contribution >= 4 is 5.69 Å². The van der Waals surface area contributed by atoms with Gasteiger partial charge in [0.1, 0.15) is 0 Å². The Bertz CT molecular complexity index is 513. The normalized spacial score (nSPS) is 13.7. The second-order valence-corrected chi connectivity index (χ2v) is 5.63. The lowest BCUT2D eigenvalue weighted by molar-refractivity contribution is -0.137. The van der Waals surface area contributed by atoms with Gasteiger partial charge in [0.15, 0.2) is 0 Å². The van der Waals surface area contributed by atoms with Gasteiger partial charge in [-0.2, -0.15) is 18.4 Å². The number of nitriles is 1. The first-order valence-electron chi connectivity index (χ1n) is 6.09. The van der Waals surface area contributed by atoms with E-state index in [1.807, 2.05) is 20.8 Å². The molecule has 0 saturated carbocycles. The maximum atomic E-state index is 12.8. The molecule has 1 aromatic rings. The fraction of sp³-hybridized carbons (Fsp3) is 0.500. The predicted octanol–water partition coefficient (Wildman–Crippen LogP) is 3.40. The Morgan fingerprint density at radius 2 is 1.90 bits per heavy atom. The van der Waals surface area contributed by atoms with E-state index in [-0.39, 0.29) is 17.6 Å². The van der Waals surface area contributed by atoms with Gasteiger partial charge in [-0.15, -0.1) is 0 Å². The van der Waals surface area contributed by atoms with E-state index in [1.54, 1.807) is 0 Å². The summed E-state index contributed by atoms with van der Waals surface area (Å²) in [6.45, 7) is 5.63. The maximum absolute atomic E-state index is 12.8. The van der Waals surface area contributed by atoms with Gasteiger partial charge in [-0.1, -0.05) is 20.8 Å². The van der Waals surface area contributed by atoms with Crippen LogP contribution < -0.4 is 5.32 Å². The van der Waals surface area contributed by atoms with E-state index in [2.05, 4.69) is 5.32 Å². The lowest BCUT2D eigenvalue weighted by Crippen LogP contribution is -2.32. The van der Waals surface area contributed by atoms with Crippen molar-refractivity contribution in [1.29, 1.82) is 5.26 Å². The minimum Gasteiger partial charge on any atom is -0.391 e. The van der Waals surface area contributed by atoms with Gasteiger partial charge in [0, 0.05) is 12.2 Å². The van der Waals surface area contributed by atoms with E-state index in [9.17, 15) is 18.3 Å². The molecule has 0 aliphatic carbocycles. The number of aliphatic hydroxyl groups excluding tert-OH is 1. The van der Waals surface area contributed by atoms with Crippen LogP contribution in [0, 0.1) is 16.7 Å². The number of nitrogens with zero attached hydrogens (tertiary/aromatic N) is 1. The number of hydrogen-bond acceptors (Lipinski definition) is 3. The average molecular weight is 286 g/mol. The highest BCUT2D eigenvalue weighted by atomic mass is 19.4. The molecular weight excluding hydrogens is 269 g/mol. The number of anilines is 1. The second-order valence-electron chi connectivity index (χ2n) is 5.63. The molecule has 1 rings (SSSR count). The van der Waals surface area contributed by atoms with Crippen LogP contribution in [0.1, 0.15) is 31.9 Å². The average Bonchev–Trinajstić information content (AvgIpc) is 2.33. The van der Waals surface area contributed by atoms with Crippen molar-refractivity contribution in [2.45, 2.75) is 33.1 Å². The number of benzene rings is 1. The third-order valence-corrected chi connectivity index (χ3v) is 2.94. The van der Waals surface area contributed by atoms with E-state index in [0.717, 1.165) is 12.1 Å². The van der Waals surface area contributed by atoms with Gasteiger partial charge < -0.3 is 10.4 Å². The standard InChI is InChI=1S/C14H17F3N2O/c1-13(2,3)12(20)8-19-10-5-4-9(7-18)11(6-10)14(15,16)17/h4-6,12,19-20H,8H2,1-3H3/t12-/m1/s1. The summed E-state index contributed by atoms with van der Waals surface area (Å²) in [5.41, 5.74) is -1.54. The van der Waals surface area contributed by atoms with Gasteiger partial charge in [-0.25, -0.2) is 0 Å². The summed E-state index contributed by atoms with van der Waals surface area (Å²) in [5.74, 6) is 0. The molecule has 6 heteroatoms. The van der Waals surface area contributed by atoms with Gasteiger partial charge in [0.05, 0.1) is 23.3 Å². The molecule has 3 nitrogen and oxygen atoms in total. The van der Waals surface area contributed by atoms with Crippen LogP contribution in [0.3, 0.4) is 0 Å². The summed E-state index contributed by atoms with van der Waals surface area (Å²) in [7, 11) is 0. The molecule has 1 aromatic carbocycles. The Morgan fingerprint density at radius 1 is 1.30 bits per heavy atom. The number of alkyl halides is 3. The van der Waals surface area contributed by atoms with Crippen molar-refractivity contribution in [3.8, 4) is 6.07 Å². The molecule has 0 radical (unpaired) electrons. The molecule has 0 unspecified atom stereocenters. The zero-order valence-electron chi connectivity index (χ0n) is 11.5. The first kappa shape index (κ1) is 16.3. The van der Waals surface area contributed by atoms with Crippen LogP contribution >= 0.6 is 0 Å². The van der Waals surface area contributed by atoms with E-state index in [4.69, 9.17) is 5.26 Å². The first-order chi connectivity index (χ1) is 9.05. The highest BCUT2D eigenvalue weighted by Gasteiger charge is 2.34. The summed E-state index contributed by atoms with van der Waals surface area (Å²) >= 11 is 0. The van der Waals surface area contributed by atoms with Crippen LogP contribution in [0.15, 0.2) is 18.2 Å². The molecule has 20 heavy (non-hydrogen) atoms. The highest BCUT2D eigenvalue weighted by molar-refractivity contribution is 5.53. The summed E-state index contributed by atoms with van der Waals surface area (Å²) in [6, 6.07) is 4.92. The minimum absolute atomic E-state index is 0.132. The van der Waals surface area contributed by atoms with E-state index in [1.165, 1.54) is 12.1 Å². The maximum Gasteiger partial charge on any atom is 0.417 e. The monoisotopic (exact) mass is 286 g/mol. The lowest BCUT2D eigenvalue weighted by Gasteiger charge is -2.26. The highest BCUT2D eigenvalue weighted by Crippen LogP contribution is 2.33. The predicted molar refractivity (Wildman–Crippen MR) is 70.1 cm³/mol. The summed E-state index contributed by atoms with van der Waals surface area (Å²) in [5, 5.41) is 21.3. The van der Waals surface area contributed by atoms with Crippen molar-refractivity contribution in [3.05, 3.63) is 29.3 Å². The molecule has 0 heterocycles. The van der Waals surface area contributed by atoms with Crippen LogP contribution in [0.4, 0.5) is 18.9 Å². The molecule has 0 bridgehead atoms. The van der Waals surface area contributed by atoms with E-state index < -0.39 is 23.4 Å². The molecule has 0 amide bonds. The Kier molecular flexibility index (Phi) is 4.66. The van der Waals surface area contributed by atoms with Crippen LogP contribution in [-0.2, 0) is 6.18 Å². The number of rotatable bonds is 3. The Labute approximate surface area is 116 Å². The van der Waals surface area contributed by atoms with Crippen molar-refractivity contribution < 1.29 is 18.3 Å². The topological polar surface area (TPSA) is 56.0 Å². The first-order valence-corrected chi connectivity index (χ1v) is 6.09. The Balaban J connectivity index is 2.92. The quantitative estimate of drug-likeness (QED) is 0.895. The fourth-order valence-electron chi connectivity index (χ4n) is 1.51. The number of hydrogen-bond donors (Lipinski definition) is 2. The van der Waals surface area contributed by atoms with E-state index >= 15 is 0 Å². The smallest absolute Gasteiger partial charge is 0.391 e. The van der Waals surface area contributed by atoms with Crippen LogP contribution in [0.2, 0.25) is 0 Å². The van der Waals surface area contributed by atoms with Crippen LogP contribution in [0.25, 0.3) is 0 Å². The van der Waals surface area contributed by atoms with E-state index in [0.29, 0.717) is 0 Å². The van der Waals surface area contributed by atoms with Crippen molar-refractivity contribution in [2.75, 3.05) is 11.9 Å². The summed E-state index contributed by atoms with van der Waals surface area (Å²) < 4.78 is 38.3. The molecule has 1 atom stereocenters.